The summed E-state index contributed by atoms with van der Waals surface area (Å²) < 4.78 is 0. The number of hydrogen-bond donors (Lipinski definition) is 2. The van der Waals surface area contributed by atoms with Crippen LogP contribution in [0.3, 0.4) is 0 Å². The van der Waals surface area contributed by atoms with E-state index in [4.69, 9.17) is 5.84 Å². The van der Waals surface area contributed by atoms with Crippen molar-refractivity contribution in [3.05, 3.63) is 0 Å². The van der Waals surface area contributed by atoms with Gasteiger partial charge >= 0.3 is 0 Å². The van der Waals surface area contributed by atoms with E-state index < -0.39 is 0 Å². The Balaban J connectivity index is 2.21. The Morgan fingerprint density at radius 2 is 1.89 bits per heavy atom. The van der Waals surface area contributed by atoms with E-state index >= 15 is 0 Å². The number of hydrazine groups is 1. The summed E-state index contributed by atoms with van der Waals surface area (Å²) in [5.41, 5.74) is 3.07. The van der Waals surface area contributed by atoms with Gasteiger partial charge in [-0.25, -0.2) is 0 Å². The molecule has 2 nitrogen and oxygen atoms in total. The predicted octanol–water partition coefficient (Wildman–Crippen LogP) is 4.40. The van der Waals surface area contributed by atoms with Crippen LogP contribution in [0.15, 0.2) is 0 Å². The summed E-state index contributed by atoms with van der Waals surface area (Å²) in [5, 5.41) is 0. The molecule has 0 saturated heterocycles. The third-order valence-electron chi connectivity index (χ3n) is 4.79. The Bertz CT molecular complexity index is 188. The maximum absolute atomic E-state index is 5.74. The predicted molar refractivity (Wildman–Crippen MR) is 80.2 cm³/mol. The largest absolute Gasteiger partial charge is 0.271 e. The van der Waals surface area contributed by atoms with Crippen LogP contribution in [0.25, 0.3) is 0 Å². The van der Waals surface area contributed by atoms with Gasteiger partial charge in [-0.2, -0.15) is 0 Å². The lowest BCUT2D eigenvalue weighted by Crippen LogP contribution is -2.37. The Labute approximate surface area is 114 Å². The van der Waals surface area contributed by atoms with Gasteiger partial charge in [-0.15, -0.1) is 0 Å². The summed E-state index contributed by atoms with van der Waals surface area (Å²) in [6, 6.07) is 0.549. The maximum Gasteiger partial charge on any atom is 0.0213 e. The molecule has 1 aliphatic carbocycles. The van der Waals surface area contributed by atoms with Crippen molar-refractivity contribution in [2.24, 2.45) is 17.7 Å². The molecule has 1 saturated carbocycles. The molecule has 2 atom stereocenters. The molecule has 0 aromatic carbocycles. The van der Waals surface area contributed by atoms with E-state index in [2.05, 4.69) is 19.3 Å². The molecule has 0 bridgehead atoms. The highest BCUT2D eigenvalue weighted by molar-refractivity contribution is 4.74. The summed E-state index contributed by atoms with van der Waals surface area (Å²) in [4.78, 5) is 0. The Morgan fingerprint density at radius 1 is 1.17 bits per heavy atom. The van der Waals surface area contributed by atoms with Crippen molar-refractivity contribution in [2.45, 2.75) is 90.5 Å². The second-order valence-corrected chi connectivity index (χ2v) is 6.24. The minimum absolute atomic E-state index is 0.549. The quantitative estimate of drug-likeness (QED) is 0.448. The molecule has 0 spiro atoms. The monoisotopic (exact) mass is 254 g/mol. The molecule has 0 radical (unpaired) electrons. The molecule has 0 aromatic heterocycles. The molecule has 0 aliphatic heterocycles. The third-order valence-corrected chi connectivity index (χ3v) is 4.79. The lowest BCUT2D eigenvalue weighted by Gasteiger charge is -2.23. The standard InChI is InChI=1S/C16H34N2/c1-3-5-8-14(4-2)13-16(18-17)12-11-15-9-6-7-10-15/h14-16,18H,3-13,17H2,1-2H3. The first-order valence-electron chi connectivity index (χ1n) is 8.26. The number of nitrogens with two attached hydrogens (primary N) is 1. The molecule has 2 heteroatoms. The fourth-order valence-corrected chi connectivity index (χ4v) is 3.39. The van der Waals surface area contributed by atoms with Gasteiger partial charge in [0.05, 0.1) is 0 Å². The van der Waals surface area contributed by atoms with Gasteiger partial charge in [-0.1, -0.05) is 65.2 Å². The minimum Gasteiger partial charge on any atom is -0.271 e. The first-order chi connectivity index (χ1) is 8.80. The van der Waals surface area contributed by atoms with Crippen molar-refractivity contribution >= 4 is 0 Å². The van der Waals surface area contributed by atoms with Gasteiger partial charge in [-0.3, -0.25) is 11.3 Å². The highest BCUT2D eigenvalue weighted by Gasteiger charge is 2.18. The molecule has 0 aromatic rings. The molecule has 0 amide bonds. The Kier molecular flexibility index (Phi) is 8.70. The van der Waals surface area contributed by atoms with E-state index in [1.54, 1.807) is 0 Å². The van der Waals surface area contributed by atoms with Crippen molar-refractivity contribution in [3.8, 4) is 0 Å². The van der Waals surface area contributed by atoms with Crippen molar-refractivity contribution in [1.82, 2.24) is 5.43 Å². The van der Waals surface area contributed by atoms with E-state index in [-0.39, 0.29) is 0 Å². The van der Waals surface area contributed by atoms with Crippen molar-refractivity contribution in [3.63, 3.8) is 0 Å². The average molecular weight is 254 g/mol. The molecule has 2 unspecified atom stereocenters. The van der Waals surface area contributed by atoms with E-state index in [1.165, 1.54) is 70.6 Å². The van der Waals surface area contributed by atoms with Crippen LogP contribution >= 0.6 is 0 Å². The lowest BCUT2D eigenvalue weighted by atomic mass is 9.89. The zero-order valence-electron chi connectivity index (χ0n) is 12.6. The molecule has 18 heavy (non-hydrogen) atoms. The second-order valence-electron chi connectivity index (χ2n) is 6.24. The normalized spacial score (nSPS) is 20.2. The average Bonchev–Trinajstić information content (AvgIpc) is 2.91. The molecule has 3 N–H and O–H groups in total. The zero-order valence-corrected chi connectivity index (χ0v) is 12.6. The van der Waals surface area contributed by atoms with Gasteiger partial charge in [0.1, 0.15) is 0 Å². The molecular formula is C16H34N2. The molecule has 1 rings (SSSR count). The Morgan fingerprint density at radius 3 is 2.44 bits per heavy atom. The minimum atomic E-state index is 0.549. The van der Waals surface area contributed by atoms with Gasteiger partial charge in [-0.05, 0) is 31.1 Å². The van der Waals surface area contributed by atoms with Crippen LogP contribution in [0.4, 0.5) is 0 Å². The molecular weight excluding hydrogens is 220 g/mol. The van der Waals surface area contributed by atoms with E-state index in [0.717, 1.165) is 11.8 Å². The maximum atomic E-state index is 5.74. The van der Waals surface area contributed by atoms with Crippen LogP contribution in [0.2, 0.25) is 0 Å². The van der Waals surface area contributed by atoms with Crippen LogP contribution in [0.1, 0.15) is 84.5 Å². The highest BCUT2D eigenvalue weighted by Crippen LogP contribution is 2.30. The molecule has 108 valence electrons. The van der Waals surface area contributed by atoms with Crippen LogP contribution in [0.5, 0.6) is 0 Å². The van der Waals surface area contributed by atoms with Crippen LogP contribution in [0, 0.1) is 11.8 Å². The fraction of sp³-hybridized carbons (Fsp3) is 1.00. The third kappa shape index (κ3) is 6.19. The van der Waals surface area contributed by atoms with Gasteiger partial charge in [0.2, 0.25) is 0 Å². The zero-order chi connectivity index (χ0) is 13.2. The van der Waals surface area contributed by atoms with Crippen molar-refractivity contribution < 1.29 is 0 Å². The topological polar surface area (TPSA) is 38.0 Å². The summed E-state index contributed by atoms with van der Waals surface area (Å²) in [6.45, 7) is 4.61. The van der Waals surface area contributed by atoms with Gasteiger partial charge in [0.25, 0.3) is 0 Å². The van der Waals surface area contributed by atoms with E-state index in [0.29, 0.717) is 6.04 Å². The SMILES string of the molecule is CCCCC(CC)CC(CCC1CCCC1)NN. The summed E-state index contributed by atoms with van der Waals surface area (Å²) >= 11 is 0. The highest BCUT2D eigenvalue weighted by atomic mass is 15.2. The van der Waals surface area contributed by atoms with E-state index in [1.807, 2.05) is 0 Å². The number of hydrogen-bond acceptors (Lipinski definition) is 2. The van der Waals surface area contributed by atoms with Gasteiger partial charge in [0, 0.05) is 6.04 Å². The van der Waals surface area contributed by atoms with Crippen LogP contribution < -0.4 is 11.3 Å². The smallest absolute Gasteiger partial charge is 0.0213 e. The number of unbranched alkanes of at least 4 members (excludes halogenated alkanes) is 1. The van der Waals surface area contributed by atoms with E-state index in [9.17, 15) is 0 Å². The molecule has 1 aliphatic rings. The first-order valence-corrected chi connectivity index (χ1v) is 8.26. The van der Waals surface area contributed by atoms with Gasteiger partial charge < -0.3 is 0 Å². The second kappa shape index (κ2) is 9.80. The summed E-state index contributed by atoms with van der Waals surface area (Å²) in [7, 11) is 0. The molecule has 1 fully saturated rings. The fourth-order valence-electron chi connectivity index (χ4n) is 3.39. The number of nitrogens with one attached hydrogen (secondary N) is 1. The Hall–Kier alpha value is -0.0800. The number of rotatable bonds is 10. The lowest BCUT2D eigenvalue weighted by molar-refractivity contribution is 0.320. The van der Waals surface area contributed by atoms with Crippen LogP contribution in [-0.4, -0.2) is 6.04 Å². The summed E-state index contributed by atoms with van der Waals surface area (Å²) in [6.07, 6.45) is 15.2. The van der Waals surface area contributed by atoms with Crippen molar-refractivity contribution in [2.75, 3.05) is 0 Å². The first kappa shape index (κ1) is 16.0. The van der Waals surface area contributed by atoms with Crippen molar-refractivity contribution in [1.29, 1.82) is 0 Å². The van der Waals surface area contributed by atoms with Gasteiger partial charge in [0.15, 0.2) is 0 Å². The molecule has 0 heterocycles. The van der Waals surface area contributed by atoms with Crippen LogP contribution in [-0.2, 0) is 0 Å². The summed E-state index contributed by atoms with van der Waals surface area (Å²) in [5.74, 6) is 7.61.